The van der Waals surface area contributed by atoms with Crippen LogP contribution in [0.1, 0.15) is 5.56 Å². The summed E-state index contributed by atoms with van der Waals surface area (Å²) in [5.41, 5.74) is 0.231. The Morgan fingerprint density at radius 3 is 2.43 bits per heavy atom. The highest BCUT2D eigenvalue weighted by atomic mass is 32.2. The second-order valence-corrected chi connectivity index (χ2v) is 6.39. The second kappa shape index (κ2) is 7.14. The van der Waals surface area contributed by atoms with Gasteiger partial charge in [-0.25, -0.2) is 8.78 Å². The van der Waals surface area contributed by atoms with E-state index in [4.69, 9.17) is 4.18 Å². The molecule has 0 spiro atoms. The summed E-state index contributed by atoms with van der Waals surface area (Å²) < 4.78 is 32.6. The zero-order chi connectivity index (χ0) is 17.0. The minimum absolute atomic E-state index is 0.00422. The van der Waals surface area contributed by atoms with E-state index < -0.39 is 22.0 Å². The van der Waals surface area contributed by atoms with Gasteiger partial charge < -0.3 is 4.18 Å². The van der Waals surface area contributed by atoms with E-state index in [1.807, 2.05) is 0 Å². The van der Waals surface area contributed by atoms with Crippen LogP contribution in [-0.4, -0.2) is 26.0 Å². The molecule has 0 aliphatic heterocycles. The van der Waals surface area contributed by atoms with Crippen LogP contribution in [0, 0.1) is 21.7 Å². The molecule has 23 heavy (non-hydrogen) atoms. The number of nitro groups is 1. The monoisotopic (exact) mass is 335 g/mol. The van der Waals surface area contributed by atoms with E-state index in [1.54, 1.807) is 27.8 Å². The fourth-order valence-corrected chi connectivity index (χ4v) is 2.58. The summed E-state index contributed by atoms with van der Waals surface area (Å²) >= 11 is 1.04. The Labute approximate surface area is 138 Å². The van der Waals surface area contributed by atoms with Crippen molar-refractivity contribution in [2.24, 2.45) is 0 Å². The molecule has 0 unspecified atom stereocenters. The molecule has 0 fully saturated rings. The van der Waals surface area contributed by atoms with Crippen LogP contribution < -0.4 is 0 Å². The number of hydrogen-bond donors (Lipinski definition) is 0. The lowest BCUT2D eigenvalue weighted by Crippen LogP contribution is -2.34. The summed E-state index contributed by atoms with van der Waals surface area (Å²) in [5, 5.41) is 9.84. The second-order valence-electron chi connectivity index (χ2n) is 5.59. The van der Waals surface area contributed by atoms with Crippen molar-refractivity contribution in [1.29, 1.82) is 0 Å². The fourth-order valence-electron chi connectivity index (χ4n) is 1.95. The first-order valence-electron chi connectivity index (χ1n) is 6.81. The van der Waals surface area contributed by atoms with Crippen LogP contribution in [0.15, 0.2) is 47.4 Å². The Bertz CT molecular complexity index is 714. The number of nitro benzene ring substituents is 1. The molecule has 0 saturated carbocycles. The maximum absolute atomic E-state index is 13.7. The van der Waals surface area contributed by atoms with Crippen LogP contribution in [-0.2, 0) is 10.6 Å². The van der Waals surface area contributed by atoms with Crippen molar-refractivity contribution in [2.45, 2.75) is 16.7 Å². The fraction of sp³-hybridized carbons (Fsp3) is 0.143. The van der Waals surface area contributed by atoms with Crippen molar-refractivity contribution in [3.05, 3.63) is 69.8 Å². The van der Waals surface area contributed by atoms with Gasteiger partial charge in [-0.05, 0) is 42.3 Å². The van der Waals surface area contributed by atoms with Crippen molar-refractivity contribution >= 4 is 33.4 Å². The molecule has 0 aliphatic rings. The van der Waals surface area contributed by atoms with Gasteiger partial charge in [0.1, 0.15) is 27.3 Å². The molecule has 0 saturated heterocycles. The van der Waals surface area contributed by atoms with Gasteiger partial charge in [-0.3, -0.25) is 10.1 Å². The van der Waals surface area contributed by atoms with Gasteiger partial charge >= 0.3 is 0 Å². The van der Waals surface area contributed by atoms with Gasteiger partial charge in [0.15, 0.2) is 0 Å². The van der Waals surface area contributed by atoms with Crippen molar-refractivity contribution in [1.82, 2.24) is 0 Å². The van der Waals surface area contributed by atoms with E-state index in [1.165, 1.54) is 12.1 Å². The highest BCUT2D eigenvalue weighted by molar-refractivity contribution is 7.94. The van der Waals surface area contributed by atoms with Crippen LogP contribution in [0.25, 0.3) is 0 Å². The van der Waals surface area contributed by atoms with Crippen LogP contribution in [0.3, 0.4) is 0 Å². The van der Waals surface area contributed by atoms with Gasteiger partial charge in [0.2, 0.25) is 0 Å². The number of benzene rings is 2. The standard InChI is InChI=1S/C14H13B2F2NO3S/c15-14(16,8-9-7-10(17)1-6-13(9)18)22-23-12-4-2-11(3-5-12)19(20)21/h1-7H,8,15-16H2. The van der Waals surface area contributed by atoms with E-state index in [0.29, 0.717) is 4.90 Å². The molecular formula is C14H13B2F2NO3S. The van der Waals surface area contributed by atoms with Gasteiger partial charge in [0.05, 0.1) is 4.92 Å². The third kappa shape index (κ3) is 5.07. The van der Waals surface area contributed by atoms with Crippen molar-refractivity contribution in [3.8, 4) is 0 Å². The van der Waals surface area contributed by atoms with Gasteiger partial charge in [-0.1, -0.05) is 0 Å². The first kappa shape index (κ1) is 17.5. The molecule has 0 aliphatic carbocycles. The molecule has 2 rings (SSSR count). The van der Waals surface area contributed by atoms with Crippen LogP contribution in [0.2, 0.25) is 0 Å². The molecule has 2 aromatic carbocycles. The van der Waals surface area contributed by atoms with Crippen LogP contribution in [0.4, 0.5) is 14.5 Å². The zero-order valence-electron chi connectivity index (χ0n) is 12.6. The predicted octanol–water partition coefficient (Wildman–Crippen LogP) is 2.06. The molecule has 2 aromatic rings. The minimum Gasteiger partial charge on any atom is -0.322 e. The summed E-state index contributed by atoms with van der Waals surface area (Å²) in [6.45, 7) is 0. The summed E-state index contributed by atoms with van der Waals surface area (Å²) in [6.07, 6.45) is 0.191. The largest absolute Gasteiger partial charge is 0.322 e. The molecule has 9 heteroatoms. The molecule has 0 heterocycles. The maximum Gasteiger partial charge on any atom is 0.269 e. The van der Waals surface area contributed by atoms with E-state index in [0.717, 1.165) is 30.2 Å². The van der Waals surface area contributed by atoms with Gasteiger partial charge in [-0.2, -0.15) is 0 Å². The first-order valence-corrected chi connectivity index (χ1v) is 7.55. The number of non-ortho nitro benzene ring substituents is 1. The molecule has 0 amide bonds. The van der Waals surface area contributed by atoms with Crippen LogP contribution >= 0.6 is 12.0 Å². The number of rotatable bonds is 6. The Morgan fingerprint density at radius 1 is 1.17 bits per heavy atom. The molecule has 0 radical (unpaired) electrons. The molecular weight excluding hydrogens is 322 g/mol. The van der Waals surface area contributed by atoms with E-state index in [-0.39, 0.29) is 17.7 Å². The lowest BCUT2D eigenvalue weighted by Gasteiger charge is -2.24. The van der Waals surface area contributed by atoms with E-state index in [9.17, 15) is 18.9 Å². The third-order valence-corrected chi connectivity index (χ3v) is 4.03. The van der Waals surface area contributed by atoms with E-state index in [2.05, 4.69) is 0 Å². The Hall–Kier alpha value is -1.86. The average molecular weight is 335 g/mol. The minimum atomic E-state index is -0.749. The number of halogens is 2. The Morgan fingerprint density at radius 2 is 1.83 bits per heavy atom. The average Bonchev–Trinajstić information content (AvgIpc) is 2.49. The molecule has 0 aromatic heterocycles. The highest BCUT2D eigenvalue weighted by Gasteiger charge is 2.22. The Kier molecular flexibility index (Phi) is 5.43. The van der Waals surface area contributed by atoms with Gasteiger partial charge in [0.25, 0.3) is 5.69 Å². The normalized spacial score (nSPS) is 11.4. The summed E-state index contributed by atoms with van der Waals surface area (Å²) in [5.74, 6) is -0.983. The van der Waals surface area contributed by atoms with Crippen molar-refractivity contribution < 1.29 is 17.9 Å². The molecule has 118 valence electrons. The topological polar surface area (TPSA) is 52.4 Å². The lowest BCUT2D eigenvalue weighted by molar-refractivity contribution is -0.384. The zero-order valence-corrected chi connectivity index (χ0v) is 13.4. The Balaban J connectivity index is 2.00. The predicted molar refractivity (Wildman–Crippen MR) is 89.9 cm³/mol. The molecule has 0 atom stereocenters. The quantitative estimate of drug-likeness (QED) is 0.351. The summed E-state index contributed by atoms with van der Waals surface area (Å²) in [7, 11) is 3.52. The third-order valence-electron chi connectivity index (χ3n) is 3.03. The number of hydrogen-bond acceptors (Lipinski definition) is 4. The summed E-state index contributed by atoms with van der Waals surface area (Å²) in [4.78, 5) is 10.8. The van der Waals surface area contributed by atoms with Crippen molar-refractivity contribution in [2.75, 3.05) is 0 Å². The van der Waals surface area contributed by atoms with Crippen molar-refractivity contribution in [3.63, 3.8) is 0 Å². The summed E-state index contributed by atoms with van der Waals surface area (Å²) in [6, 6.07) is 9.21. The SMILES string of the molecule is BC(B)(Cc1cc(F)ccc1F)OSc1ccc([N+](=O)[O-])cc1. The van der Waals surface area contributed by atoms with E-state index >= 15 is 0 Å². The van der Waals surface area contributed by atoms with Gasteiger partial charge in [-0.15, -0.1) is 0 Å². The highest BCUT2D eigenvalue weighted by Crippen LogP contribution is 2.27. The smallest absolute Gasteiger partial charge is 0.269 e. The molecule has 0 N–H and O–H groups in total. The van der Waals surface area contributed by atoms with Gasteiger partial charge in [0, 0.05) is 34.5 Å². The lowest BCUT2D eigenvalue weighted by atomic mass is 9.62. The van der Waals surface area contributed by atoms with Crippen LogP contribution in [0.5, 0.6) is 0 Å². The maximum atomic E-state index is 13.7. The molecule has 4 nitrogen and oxygen atoms in total. The number of nitrogens with zero attached hydrogens (tertiary/aromatic N) is 1. The molecule has 0 bridgehead atoms. The first-order chi connectivity index (χ1) is 10.8.